The maximum atomic E-state index is 12.4. The second kappa shape index (κ2) is 9.76. The Hall–Kier alpha value is -2.86. The Labute approximate surface area is 178 Å². The van der Waals surface area contributed by atoms with Crippen LogP contribution in [-0.2, 0) is 17.9 Å². The molecule has 30 heavy (non-hydrogen) atoms. The second-order valence-corrected chi connectivity index (χ2v) is 8.31. The number of piperidine rings is 1. The number of hydrogen-bond donors (Lipinski definition) is 2. The number of rotatable bonds is 6. The predicted octanol–water partition coefficient (Wildman–Crippen LogP) is 2.75. The topological polar surface area (TPSA) is 64.7 Å². The van der Waals surface area contributed by atoms with Gasteiger partial charge in [-0.2, -0.15) is 0 Å². The number of likely N-dealkylation sites (tertiary alicyclic amines) is 2. The van der Waals surface area contributed by atoms with Crippen molar-refractivity contribution in [3.8, 4) is 0 Å². The number of urea groups is 1. The highest BCUT2D eigenvalue weighted by molar-refractivity contribution is 5.81. The molecule has 0 aliphatic carbocycles. The molecule has 2 aromatic carbocycles. The monoisotopic (exact) mass is 406 g/mol. The maximum absolute atomic E-state index is 12.4. The van der Waals surface area contributed by atoms with E-state index in [1.165, 1.54) is 5.56 Å². The largest absolute Gasteiger partial charge is 0.336 e. The quantitative estimate of drug-likeness (QED) is 0.775. The average Bonchev–Trinajstić information content (AvgIpc) is 3.09. The van der Waals surface area contributed by atoms with Crippen LogP contribution in [0.4, 0.5) is 4.79 Å². The molecule has 3 amide bonds. The fraction of sp³-hybridized carbons (Fsp3) is 0.417. The summed E-state index contributed by atoms with van der Waals surface area (Å²) in [6.07, 6.45) is 2.27. The Morgan fingerprint density at radius 1 is 0.833 bits per heavy atom. The van der Waals surface area contributed by atoms with Gasteiger partial charge >= 0.3 is 6.03 Å². The highest BCUT2D eigenvalue weighted by Gasteiger charge is 2.31. The van der Waals surface area contributed by atoms with Crippen LogP contribution in [0.2, 0.25) is 0 Å². The molecule has 0 radical (unpaired) electrons. The molecule has 1 atom stereocenters. The van der Waals surface area contributed by atoms with Gasteiger partial charge in [-0.1, -0.05) is 60.7 Å². The molecular formula is C24H30N4O2. The molecule has 4 rings (SSSR count). The van der Waals surface area contributed by atoms with E-state index >= 15 is 0 Å². The molecule has 0 bridgehead atoms. The summed E-state index contributed by atoms with van der Waals surface area (Å²) in [7, 11) is 0. The van der Waals surface area contributed by atoms with Crippen molar-refractivity contribution in [3.05, 3.63) is 71.8 Å². The maximum Gasteiger partial charge on any atom is 0.315 e. The standard InChI is InChI=1S/C24H30N4O2/c29-23-15-22(18-28(23)17-20-9-5-2-6-10-20)26-24(30)25-21-11-13-27(14-12-21)16-19-7-3-1-4-8-19/h1-10,21-22H,11-18H2,(H2,25,26,30). The molecule has 6 nitrogen and oxygen atoms in total. The van der Waals surface area contributed by atoms with Gasteiger partial charge in [0.1, 0.15) is 0 Å². The molecule has 0 saturated carbocycles. The van der Waals surface area contributed by atoms with Crippen LogP contribution < -0.4 is 10.6 Å². The lowest BCUT2D eigenvalue weighted by Crippen LogP contribution is -2.50. The lowest BCUT2D eigenvalue weighted by Gasteiger charge is -2.32. The van der Waals surface area contributed by atoms with Crippen LogP contribution in [0.5, 0.6) is 0 Å². The van der Waals surface area contributed by atoms with Crippen molar-refractivity contribution in [2.24, 2.45) is 0 Å². The highest BCUT2D eigenvalue weighted by atomic mass is 16.2. The van der Waals surface area contributed by atoms with Crippen molar-refractivity contribution in [2.75, 3.05) is 19.6 Å². The highest BCUT2D eigenvalue weighted by Crippen LogP contribution is 2.16. The van der Waals surface area contributed by atoms with Gasteiger partial charge in [0.2, 0.25) is 5.91 Å². The molecule has 158 valence electrons. The fourth-order valence-electron chi connectivity index (χ4n) is 4.31. The summed E-state index contributed by atoms with van der Waals surface area (Å²) in [4.78, 5) is 29.0. The first-order valence-corrected chi connectivity index (χ1v) is 10.8. The van der Waals surface area contributed by atoms with Gasteiger partial charge in [0.25, 0.3) is 0 Å². The minimum Gasteiger partial charge on any atom is -0.336 e. The number of benzene rings is 2. The van der Waals surface area contributed by atoms with Crippen molar-refractivity contribution >= 4 is 11.9 Å². The third kappa shape index (κ3) is 5.60. The van der Waals surface area contributed by atoms with Crippen LogP contribution in [0.3, 0.4) is 0 Å². The third-order valence-corrected chi connectivity index (χ3v) is 5.94. The van der Waals surface area contributed by atoms with Gasteiger partial charge in [-0.25, -0.2) is 4.79 Å². The molecular weight excluding hydrogens is 376 g/mol. The fourth-order valence-corrected chi connectivity index (χ4v) is 4.31. The summed E-state index contributed by atoms with van der Waals surface area (Å²) in [6.45, 7) is 4.08. The van der Waals surface area contributed by atoms with E-state index in [2.05, 4.69) is 39.8 Å². The van der Waals surface area contributed by atoms with Gasteiger partial charge in [-0.3, -0.25) is 9.69 Å². The molecule has 1 unspecified atom stereocenters. The minimum absolute atomic E-state index is 0.0957. The van der Waals surface area contributed by atoms with Crippen molar-refractivity contribution in [2.45, 2.75) is 44.4 Å². The van der Waals surface area contributed by atoms with Crippen LogP contribution in [0.25, 0.3) is 0 Å². The van der Waals surface area contributed by atoms with Gasteiger partial charge in [-0.05, 0) is 24.0 Å². The zero-order chi connectivity index (χ0) is 20.8. The van der Waals surface area contributed by atoms with Crippen LogP contribution in [0, 0.1) is 0 Å². The third-order valence-electron chi connectivity index (χ3n) is 5.94. The Morgan fingerprint density at radius 3 is 2.03 bits per heavy atom. The lowest BCUT2D eigenvalue weighted by atomic mass is 10.0. The first kappa shape index (κ1) is 20.4. The summed E-state index contributed by atoms with van der Waals surface area (Å²) in [6, 6.07) is 20.4. The van der Waals surface area contributed by atoms with E-state index in [1.54, 1.807) is 0 Å². The average molecular weight is 407 g/mol. The van der Waals surface area contributed by atoms with E-state index in [0.717, 1.165) is 38.0 Å². The van der Waals surface area contributed by atoms with Crippen LogP contribution in [0.1, 0.15) is 30.4 Å². The van der Waals surface area contributed by atoms with Crippen LogP contribution >= 0.6 is 0 Å². The van der Waals surface area contributed by atoms with Crippen molar-refractivity contribution < 1.29 is 9.59 Å². The van der Waals surface area contributed by atoms with E-state index in [1.807, 2.05) is 41.3 Å². The van der Waals surface area contributed by atoms with Crippen molar-refractivity contribution in [1.29, 1.82) is 0 Å². The number of carbonyl (C=O) groups is 2. The summed E-state index contributed by atoms with van der Waals surface area (Å²) in [5, 5.41) is 6.10. The number of nitrogens with zero attached hydrogens (tertiary/aromatic N) is 2. The van der Waals surface area contributed by atoms with Gasteiger partial charge in [0.15, 0.2) is 0 Å². The van der Waals surface area contributed by atoms with Gasteiger partial charge < -0.3 is 15.5 Å². The summed E-state index contributed by atoms with van der Waals surface area (Å²) >= 11 is 0. The van der Waals surface area contributed by atoms with E-state index in [0.29, 0.717) is 19.5 Å². The zero-order valence-corrected chi connectivity index (χ0v) is 17.3. The van der Waals surface area contributed by atoms with Gasteiger partial charge in [0.05, 0.1) is 6.04 Å². The first-order chi connectivity index (χ1) is 14.7. The second-order valence-electron chi connectivity index (χ2n) is 8.31. The molecule has 0 aromatic heterocycles. The Bertz CT molecular complexity index is 835. The minimum atomic E-state index is -0.157. The lowest BCUT2D eigenvalue weighted by molar-refractivity contribution is -0.128. The predicted molar refractivity (Wildman–Crippen MR) is 117 cm³/mol. The molecule has 6 heteroatoms. The Kier molecular flexibility index (Phi) is 6.64. The van der Waals surface area contributed by atoms with Crippen LogP contribution in [-0.4, -0.2) is 53.5 Å². The Balaban J connectivity index is 1.18. The normalized spacial score (nSPS) is 20.3. The molecule has 0 spiro atoms. The zero-order valence-electron chi connectivity index (χ0n) is 17.3. The SMILES string of the molecule is O=C(NC1CCN(Cc2ccccc2)CC1)NC1CC(=O)N(Cc2ccccc2)C1. The molecule has 2 aliphatic rings. The molecule has 2 N–H and O–H groups in total. The van der Waals surface area contributed by atoms with Crippen LogP contribution in [0.15, 0.2) is 60.7 Å². The number of nitrogens with one attached hydrogen (secondary N) is 2. The van der Waals surface area contributed by atoms with E-state index < -0.39 is 0 Å². The molecule has 2 saturated heterocycles. The summed E-state index contributed by atoms with van der Waals surface area (Å²) in [5.41, 5.74) is 2.44. The number of amides is 3. The van der Waals surface area contributed by atoms with Crippen molar-refractivity contribution in [3.63, 3.8) is 0 Å². The van der Waals surface area contributed by atoms with E-state index in [4.69, 9.17) is 0 Å². The Morgan fingerprint density at radius 2 is 1.40 bits per heavy atom. The summed E-state index contributed by atoms with van der Waals surface area (Å²) in [5.74, 6) is 0.0957. The van der Waals surface area contributed by atoms with Gasteiger partial charge in [-0.15, -0.1) is 0 Å². The van der Waals surface area contributed by atoms with Gasteiger partial charge in [0, 0.05) is 45.2 Å². The molecule has 2 aromatic rings. The number of hydrogen-bond acceptors (Lipinski definition) is 3. The molecule has 2 heterocycles. The molecule has 2 fully saturated rings. The summed E-state index contributed by atoms with van der Waals surface area (Å²) < 4.78 is 0. The number of carbonyl (C=O) groups excluding carboxylic acids is 2. The van der Waals surface area contributed by atoms with E-state index in [-0.39, 0.29) is 24.0 Å². The molecule has 2 aliphatic heterocycles. The van der Waals surface area contributed by atoms with E-state index in [9.17, 15) is 9.59 Å². The smallest absolute Gasteiger partial charge is 0.315 e. The van der Waals surface area contributed by atoms with Crippen molar-refractivity contribution in [1.82, 2.24) is 20.4 Å². The first-order valence-electron chi connectivity index (χ1n) is 10.8.